The van der Waals surface area contributed by atoms with Gasteiger partial charge in [0.1, 0.15) is 18.9 Å². The van der Waals surface area contributed by atoms with E-state index >= 15 is 0 Å². The molecule has 7 heteroatoms. The molecular weight excluding hydrogens is 472 g/mol. The lowest BCUT2D eigenvalue weighted by atomic mass is 10.00. The fourth-order valence-corrected chi connectivity index (χ4v) is 5.40. The molecule has 1 aliphatic heterocycles. The predicted octanol–water partition coefficient (Wildman–Crippen LogP) is 5.17. The third-order valence-corrected chi connectivity index (χ3v) is 7.57. The number of rotatable bonds is 10. The molecule has 0 saturated heterocycles. The van der Waals surface area contributed by atoms with Crippen molar-refractivity contribution in [1.82, 2.24) is 9.80 Å². The molecule has 3 aromatic rings. The van der Waals surface area contributed by atoms with Gasteiger partial charge in [-0.2, -0.15) is 0 Å². The lowest BCUT2D eigenvalue weighted by Gasteiger charge is -2.37. The first-order chi connectivity index (χ1) is 17.5. The number of fused-ring (bicyclic) bond motifs is 1. The Labute approximate surface area is 217 Å². The summed E-state index contributed by atoms with van der Waals surface area (Å²) >= 11 is 1.72. The zero-order chi connectivity index (χ0) is 25.5. The van der Waals surface area contributed by atoms with Crippen LogP contribution in [0.5, 0.6) is 5.75 Å². The summed E-state index contributed by atoms with van der Waals surface area (Å²) in [5, 5.41) is 2.08. The van der Waals surface area contributed by atoms with Crippen molar-refractivity contribution < 1.29 is 19.1 Å². The highest BCUT2D eigenvalue weighted by Crippen LogP contribution is 2.34. The normalized spacial score (nSPS) is 15.0. The van der Waals surface area contributed by atoms with Crippen LogP contribution < -0.4 is 4.74 Å². The lowest BCUT2D eigenvalue weighted by molar-refractivity contribution is -0.135. The molecule has 2 heterocycles. The molecule has 1 atom stereocenters. The van der Waals surface area contributed by atoms with Gasteiger partial charge in [-0.25, -0.2) is 0 Å². The Bertz CT molecular complexity index is 1140. The number of ether oxygens (including phenoxy) is 2. The van der Waals surface area contributed by atoms with Crippen LogP contribution in [0.15, 0.2) is 66.0 Å². The van der Waals surface area contributed by atoms with Crippen LogP contribution in [0.1, 0.15) is 52.2 Å². The molecule has 0 radical (unpaired) electrons. The highest BCUT2D eigenvalue weighted by molar-refractivity contribution is 7.10. The highest BCUT2D eigenvalue weighted by atomic mass is 32.1. The second-order valence-electron chi connectivity index (χ2n) is 9.27. The van der Waals surface area contributed by atoms with Crippen molar-refractivity contribution in [2.45, 2.75) is 32.2 Å². The first-order valence-electron chi connectivity index (χ1n) is 12.4. The summed E-state index contributed by atoms with van der Waals surface area (Å²) in [6.45, 7) is 5.99. The summed E-state index contributed by atoms with van der Waals surface area (Å²) < 4.78 is 11.4. The van der Waals surface area contributed by atoms with Gasteiger partial charge in [0.25, 0.3) is 5.91 Å². The van der Waals surface area contributed by atoms with Crippen LogP contribution in [0, 0.1) is 0 Å². The Kier molecular flexibility index (Phi) is 8.78. The number of hydrogen-bond acceptors (Lipinski definition) is 5. The van der Waals surface area contributed by atoms with Crippen LogP contribution in [-0.2, 0) is 16.0 Å². The molecule has 190 valence electrons. The summed E-state index contributed by atoms with van der Waals surface area (Å²) in [6, 6.07) is 19.1. The number of carbonyl (C=O) groups is 2. The standard InChI is InChI=1S/C29H34N2O4S/c1-21(2)22-9-11-24(12-10-22)35-20-26-25-14-18-36-27(25)13-15-31(26)28(32)19-30(16-17-34-3)29(33)23-7-5-4-6-8-23/h4-12,14,18,21,26H,13,15-17,19-20H2,1-3H3. The second-order valence-corrected chi connectivity index (χ2v) is 10.3. The maximum atomic E-state index is 13.6. The predicted molar refractivity (Wildman–Crippen MR) is 143 cm³/mol. The smallest absolute Gasteiger partial charge is 0.254 e. The van der Waals surface area contributed by atoms with Gasteiger partial charge >= 0.3 is 0 Å². The van der Waals surface area contributed by atoms with Crippen LogP contribution >= 0.6 is 11.3 Å². The van der Waals surface area contributed by atoms with E-state index in [-0.39, 0.29) is 24.4 Å². The van der Waals surface area contributed by atoms with Gasteiger partial charge in [0.2, 0.25) is 5.91 Å². The number of methoxy groups -OCH3 is 1. The zero-order valence-electron chi connectivity index (χ0n) is 21.2. The molecule has 0 bridgehead atoms. The van der Waals surface area contributed by atoms with Crippen molar-refractivity contribution in [3.05, 3.63) is 87.6 Å². The number of hydrogen-bond donors (Lipinski definition) is 0. The number of carbonyl (C=O) groups excluding carboxylic acids is 2. The largest absolute Gasteiger partial charge is 0.491 e. The number of nitrogens with zero attached hydrogens (tertiary/aromatic N) is 2. The van der Waals surface area contributed by atoms with Gasteiger partial charge in [0.05, 0.1) is 12.6 Å². The maximum Gasteiger partial charge on any atom is 0.254 e. The molecule has 1 unspecified atom stereocenters. The van der Waals surface area contributed by atoms with Crippen molar-refractivity contribution in [2.75, 3.05) is 40.0 Å². The van der Waals surface area contributed by atoms with Gasteiger partial charge < -0.3 is 19.3 Å². The minimum absolute atomic E-state index is 0.00383. The number of amides is 2. The Morgan fingerprint density at radius 3 is 2.53 bits per heavy atom. The quantitative estimate of drug-likeness (QED) is 0.381. The first-order valence-corrected chi connectivity index (χ1v) is 13.3. The molecule has 1 aromatic heterocycles. The van der Waals surface area contributed by atoms with Crippen LogP contribution in [0.4, 0.5) is 0 Å². The summed E-state index contributed by atoms with van der Waals surface area (Å²) in [7, 11) is 1.59. The van der Waals surface area contributed by atoms with E-state index in [4.69, 9.17) is 9.47 Å². The van der Waals surface area contributed by atoms with Crippen LogP contribution in [0.25, 0.3) is 0 Å². The van der Waals surface area contributed by atoms with Gasteiger partial charge in [-0.3, -0.25) is 9.59 Å². The Morgan fingerprint density at radius 2 is 1.83 bits per heavy atom. The number of benzene rings is 2. The average molecular weight is 507 g/mol. The Hall–Kier alpha value is -3.16. The van der Waals surface area contributed by atoms with Crippen molar-refractivity contribution >= 4 is 23.2 Å². The molecule has 2 amide bonds. The molecule has 0 aliphatic carbocycles. The third kappa shape index (κ3) is 6.15. The molecule has 6 nitrogen and oxygen atoms in total. The van der Waals surface area contributed by atoms with Gasteiger partial charge in [-0.15, -0.1) is 11.3 Å². The zero-order valence-corrected chi connectivity index (χ0v) is 22.0. The van der Waals surface area contributed by atoms with Gasteiger partial charge in [0, 0.05) is 30.6 Å². The van der Waals surface area contributed by atoms with Gasteiger partial charge in [-0.05, 0) is 59.2 Å². The van der Waals surface area contributed by atoms with Gasteiger partial charge in [0.15, 0.2) is 0 Å². The molecule has 2 aromatic carbocycles. The summed E-state index contributed by atoms with van der Waals surface area (Å²) in [6.07, 6.45) is 0.809. The van der Waals surface area contributed by atoms with Crippen LogP contribution in [0.2, 0.25) is 0 Å². The molecule has 0 saturated carbocycles. The maximum absolute atomic E-state index is 13.6. The van der Waals surface area contributed by atoms with Crippen molar-refractivity contribution in [3.8, 4) is 5.75 Å². The van der Waals surface area contributed by atoms with Crippen LogP contribution in [0.3, 0.4) is 0 Å². The Balaban J connectivity index is 1.50. The first kappa shape index (κ1) is 25.9. The molecule has 0 N–H and O–H groups in total. The van der Waals surface area contributed by atoms with E-state index in [9.17, 15) is 9.59 Å². The highest BCUT2D eigenvalue weighted by Gasteiger charge is 2.33. The van der Waals surface area contributed by atoms with Crippen molar-refractivity contribution in [3.63, 3.8) is 0 Å². The van der Waals surface area contributed by atoms with E-state index in [0.717, 1.165) is 17.7 Å². The SMILES string of the molecule is COCCN(CC(=O)N1CCc2sccc2C1COc1ccc(C(C)C)cc1)C(=O)c1ccccc1. The molecular formula is C29H34N2O4S. The van der Waals surface area contributed by atoms with E-state index in [0.29, 0.717) is 37.8 Å². The summed E-state index contributed by atoms with van der Waals surface area (Å²) in [4.78, 5) is 31.5. The van der Waals surface area contributed by atoms with E-state index in [1.165, 1.54) is 10.4 Å². The molecule has 4 rings (SSSR count). The summed E-state index contributed by atoms with van der Waals surface area (Å²) in [5.74, 6) is 0.983. The minimum atomic E-state index is -0.201. The van der Waals surface area contributed by atoms with Gasteiger partial charge in [-0.1, -0.05) is 44.2 Å². The number of thiophene rings is 1. The van der Waals surface area contributed by atoms with Crippen LogP contribution in [-0.4, -0.2) is 61.6 Å². The van der Waals surface area contributed by atoms with Crippen molar-refractivity contribution in [1.29, 1.82) is 0 Å². The average Bonchev–Trinajstić information content (AvgIpc) is 3.39. The van der Waals surface area contributed by atoms with E-state index in [1.807, 2.05) is 35.2 Å². The minimum Gasteiger partial charge on any atom is -0.491 e. The molecule has 0 spiro atoms. The molecule has 1 aliphatic rings. The second kappa shape index (κ2) is 12.2. The van der Waals surface area contributed by atoms with E-state index < -0.39 is 0 Å². The molecule has 0 fully saturated rings. The summed E-state index contributed by atoms with van der Waals surface area (Å²) in [5.41, 5.74) is 2.96. The Morgan fingerprint density at radius 1 is 1.08 bits per heavy atom. The van der Waals surface area contributed by atoms with E-state index in [2.05, 4.69) is 37.4 Å². The molecule has 36 heavy (non-hydrogen) atoms. The lowest BCUT2D eigenvalue weighted by Crippen LogP contribution is -2.48. The fourth-order valence-electron chi connectivity index (χ4n) is 4.47. The third-order valence-electron chi connectivity index (χ3n) is 6.57. The fraction of sp³-hybridized carbons (Fsp3) is 0.379. The van der Waals surface area contributed by atoms with E-state index in [1.54, 1.807) is 35.5 Å². The monoisotopic (exact) mass is 506 g/mol. The van der Waals surface area contributed by atoms with Crippen molar-refractivity contribution in [2.24, 2.45) is 0 Å². The topological polar surface area (TPSA) is 59.1 Å².